The van der Waals surface area contributed by atoms with Gasteiger partial charge >= 0.3 is 0 Å². The Morgan fingerprint density at radius 3 is 2.59 bits per heavy atom. The van der Waals surface area contributed by atoms with E-state index in [-0.39, 0.29) is 5.91 Å². The third-order valence-corrected chi connectivity index (χ3v) is 3.99. The maximum atomic E-state index is 12.6. The topological polar surface area (TPSA) is 67.8 Å². The van der Waals surface area contributed by atoms with Gasteiger partial charge in [0, 0.05) is 23.2 Å². The van der Waals surface area contributed by atoms with Gasteiger partial charge in [-0.05, 0) is 29.4 Å². The minimum absolute atomic E-state index is 0.274. The maximum absolute atomic E-state index is 12.6. The summed E-state index contributed by atoms with van der Waals surface area (Å²) in [4.78, 5) is 23.8. The molecule has 2 aromatic rings. The maximum Gasteiger partial charge on any atom is 0.273 e. The van der Waals surface area contributed by atoms with Crippen LogP contribution in [0.25, 0.3) is 5.70 Å². The largest absolute Gasteiger partial charge is 0.472 e. The number of carbonyl (C=O) groups is 1. The number of nitrogens with one attached hydrogen (secondary N) is 1. The highest BCUT2D eigenvalue weighted by atomic mass is 16.5. The lowest BCUT2D eigenvalue weighted by Gasteiger charge is -2.22. The minimum Gasteiger partial charge on any atom is -0.472 e. The summed E-state index contributed by atoms with van der Waals surface area (Å²) in [5.74, 6) is 0.242. The van der Waals surface area contributed by atoms with Crippen molar-refractivity contribution in [3.05, 3.63) is 70.6 Å². The fourth-order valence-electron chi connectivity index (χ4n) is 2.80. The molecule has 0 radical (unpaired) electrons. The van der Waals surface area contributed by atoms with Crippen molar-refractivity contribution >= 4 is 17.3 Å². The number of rotatable bonds is 3. The van der Waals surface area contributed by atoms with Crippen molar-refractivity contribution < 1.29 is 9.53 Å². The van der Waals surface area contributed by atoms with Gasteiger partial charge in [0.15, 0.2) is 0 Å². The number of ether oxygens (including phenoxy) is 1. The average Bonchev–Trinajstić information content (AvgIpc) is 3.29. The summed E-state index contributed by atoms with van der Waals surface area (Å²) in [5, 5.41) is 5.94. The van der Waals surface area contributed by atoms with Crippen LogP contribution in [0, 0.1) is 4.91 Å². The zero-order chi connectivity index (χ0) is 15.2. The second-order valence-corrected chi connectivity index (χ2v) is 5.34. The van der Waals surface area contributed by atoms with Crippen LogP contribution in [0.15, 0.2) is 65.3 Å². The molecular formula is C17H12N2O3. The van der Waals surface area contributed by atoms with Crippen LogP contribution in [0.4, 0.5) is 5.69 Å². The summed E-state index contributed by atoms with van der Waals surface area (Å²) in [6, 6.07) is 16.3. The molecule has 1 unspecified atom stereocenters. The molecule has 1 aliphatic carbocycles. The quantitative estimate of drug-likeness (QED) is 0.882. The second kappa shape index (κ2) is 4.53. The Hall–Kier alpha value is -2.95. The van der Waals surface area contributed by atoms with Crippen LogP contribution in [0.3, 0.4) is 0 Å². The van der Waals surface area contributed by atoms with Gasteiger partial charge in [-0.2, -0.15) is 0 Å². The molecule has 0 saturated heterocycles. The standard InChI is InChI=1S/C17H12N2O3/c20-16(18-11-6-2-1-3-7-11)17-10-13(17)15(19-21)12-8-4-5-9-14(12)22-17/h1-9H,10H2,(H,18,20). The molecule has 108 valence electrons. The molecular weight excluding hydrogens is 280 g/mol. The van der Waals surface area contributed by atoms with Crippen LogP contribution < -0.4 is 10.1 Å². The van der Waals surface area contributed by atoms with Crippen molar-refractivity contribution in [1.82, 2.24) is 0 Å². The van der Waals surface area contributed by atoms with Crippen molar-refractivity contribution in [3.8, 4) is 5.75 Å². The van der Waals surface area contributed by atoms with E-state index in [1.807, 2.05) is 24.3 Å². The normalized spacial score (nSPS) is 21.3. The Labute approximate surface area is 126 Å². The first-order chi connectivity index (χ1) is 10.7. The van der Waals surface area contributed by atoms with Gasteiger partial charge in [0.1, 0.15) is 11.4 Å². The zero-order valence-corrected chi connectivity index (χ0v) is 11.6. The molecule has 0 aromatic heterocycles. The van der Waals surface area contributed by atoms with E-state index >= 15 is 0 Å². The number of anilines is 1. The molecule has 0 bridgehead atoms. The Kier molecular flexibility index (Phi) is 2.63. The number of benzene rings is 2. The Morgan fingerprint density at radius 1 is 1.09 bits per heavy atom. The van der Waals surface area contributed by atoms with Gasteiger partial charge in [-0.1, -0.05) is 30.3 Å². The fourth-order valence-corrected chi connectivity index (χ4v) is 2.80. The van der Waals surface area contributed by atoms with Crippen LogP contribution in [0.5, 0.6) is 5.75 Å². The molecule has 2 aliphatic rings. The smallest absolute Gasteiger partial charge is 0.273 e. The van der Waals surface area contributed by atoms with E-state index in [4.69, 9.17) is 4.74 Å². The second-order valence-electron chi connectivity index (χ2n) is 5.34. The lowest BCUT2D eigenvalue weighted by atomic mass is 10.1. The van der Waals surface area contributed by atoms with E-state index in [0.29, 0.717) is 34.7 Å². The van der Waals surface area contributed by atoms with Gasteiger partial charge in [-0.25, -0.2) is 0 Å². The molecule has 5 nitrogen and oxygen atoms in total. The molecule has 1 amide bonds. The Bertz CT molecular complexity index is 814. The van der Waals surface area contributed by atoms with Crippen LogP contribution >= 0.6 is 0 Å². The molecule has 0 spiro atoms. The number of amides is 1. The first-order valence-electron chi connectivity index (χ1n) is 6.96. The number of hydrogen-bond acceptors (Lipinski definition) is 4. The van der Waals surface area contributed by atoms with E-state index in [1.54, 1.807) is 30.3 Å². The van der Waals surface area contributed by atoms with E-state index in [1.165, 1.54) is 0 Å². The van der Waals surface area contributed by atoms with E-state index in [0.717, 1.165) is 0 Å². The summed E-state index contributed by atoms with van der Waals surface area (Å²) in [7, 11) is 0. The monoisotopic (exact) mass is 292 g/mol. The predicted octanol–water partition coefficient (Wildman–Crippen LogP) is 3.34. The third-order valence-electron chi connectivity index (χ3n) is 3.99. The van der Waals surface area contributed by atoms with E-state index in [9.17, 15) is 9.70 Å². The van der Waals surface area contributed by atoms with Gasteiger partial charge in [-0.3, -0.25) is 4.79 Å². The minimum atomic E-state index is -1.09. The van der Waals surface area contributed by atoms with Gasteiger partial charge in [0.2, 0.25) is 5.60 Å². The number of fused-ring (bicyclic) bond motifs is 2. The molecule has 1 saturated carbocycles. The van der Waals surface area contributed by atoms with Crippen molar-refractivity contribution in [2.24, 2.45) is 5.18 Å². The van der Waals surface area contributed by atoms with Crippen LogP contribution in [-0.4, -0.2) is 11.5 Å². The van der Waals surface area contributed by atoms with Crippen molar-refractivity contribution in [2.45, 2.75) is 12.0 Å². The van der Waals surface area contributed by atoms with Crippen LogP contribution in [-0.2, 0) is 4.79 Å². The SMILES string of the molecule is O=NC1=C2CC2(C(=O)Nc2ccccc2)Oc2ccccc21. The molecule has 1 atom stereocenters. The zero-order valence-electron chi connectivity index (χ0n) is 11.6. The Balaban J connectivity index is 1.70. The molecule has 1 aliphatic heterocycles. The molecule has 2 aromatic carbocycles. The number of para-hydroxylation sites is 2. The van der Waals surface area contributed by atoms with Gasteiger partial charge in [0.25, 0.3) is 5.91 Å². The summed E-state index contributed by atoms with van der Waals surface area (Å²) in [6.45, 7) is 0. The number of carbonyl (C=O) groups excluding carboxylic acids is 1. The number of hydrogen-bond donors (Lipinski definition) is 1. The highest BCUT2D eigenvalue weighted by Gasteiger charge is 2.63. The molecule has 1 N–H and O–H groups in total. The Morgan fingerprint density at radius 2 is 1.82 bits per heavy atom. The summed E-state index contributed by atoms with van der Waals surface area (Å²) >= 11 is 0. The number of nitrogens with zero attached hydrogens (tertiary/aromatic N) is 1. The molecule has 22 heavy (non-hydrogen) atoms. The van der Waals surface area contributed by atoms with Gasteiger partial charge < -0.3 is 10.1 Å². The van der Waals surface area contributed by atoms with E-state index < -0.39 is 5.60 Å². The lowest BCUT2D eigenvalue weighted by Crippen LogP contribution is -2.37. The average molecular weight is 292 g/mol. The number of nitroso groups, excluding NO2 is 1. The molecule has 1 heterocycles. The first-order valence-corrected chi connectivity index (χ1v) is 6.96. The van der Waals surface area contributed by atoms with Crippen molar-refractivity contribution in [2.75, 3.05) is 5.32 Å². The first kappa shape index (κ1) is 12.8. The molecule has 1 fully saturated rings. The lowest BCUT2D eigenvalue weighted by molar-refractivity contribution is -0.123. The van der Waals surface area contributed by atoms with Crippen LogP contribution in [0.2, 0.25) is 0 Å². The molecule has 5 heteroatoms. The van der Waals surface area contributed by atoms with E-state index in [2.05, 4.69) is 10.5 Å². The summed E-state index contributed by atoms with van der Waals surface area (Å²) in [6.07, 6.45) is 0.390. The highest BCUT2D eigenvalue weighted by molar-refractivity contribution is 6.07. The highest BCUT2D eigenvalue weighted by Crippen LogP contribution is 2.56. The molecule has 4 rings (SSSR count). The van der Waals surface area contributed by atoms with Crippen LogP contribution in [0.1, 0.15) is 12.0 Å². The summed E-state index contributed by atoms with van der Waals surface area (Å²) in [5.41, 5.74) is 1.22. The fraction of sp³-hybridized carbons (Fsp3) is 0.118. The van der Waals surface area contributed by atoms with Gasteiger partial charge in [-0.15, -0.1) is 4.91 Å². The van der Waals surface area contributed by atoms with Crippen molar-refractivity contribution in [1.29, 1.82) is 0 Å². The third kappa shape index (κ3) is 1.75. The summed E-state index contributed by atoms with van der Waals surface area (Å²) < 4.78 is 5.89. The predicted molar refractivity (Wildman–Crippen MR) is 82.2 cm³/mol. The van der Waals surface area contributed by atoms with Gasteiger partial charge in [0.05, 0.1) is 0 Å². The van der Waals surface area contributed by atoms with Crippen molar-refractivity contribution in [3.63, 3.8) is 0 Å².